The molecule has 6 heteroatoms. The predicted octanol–water partition coefficient (Wildman–Crippen LogP) is 2.78. The molecule has 2 heterocycles. The van der Waals surface area contributed by atoms with Crippen molar-refractivity contribution in [2.24, 2.45) is 0 Å². The monoisotopic (exact) mass is 326 g/mol. The van der Waals surface area contributed by atoms with Crippen LogP contribution in [-0.2, 0) is 23.8 Å². The van der Waals surface area contributed by atoms with Gasteiger partial charge in [-0.25, -0.2) is 0 Å². The van der Waals surface area contributed by atoms with Crippen LogP contribution >= 0.6 is 0 Å². The molecule has 0 unspecified atom stereocenters. The Kier molecular flexibility index (Phi) is 4.54. The van der Waals surface area contributed by atoms with Gasteiger partial charge in [0.1, 0.15) is 6.10 Å². The van der Waals surface area contributed by atoms with E-state index in [4.69, 9.17) is 13.7 Å². The van der Waals surface area contributed by atoms with Crippen LogP contribution in [0.4, 0.5) is 0 Å². The van der Waals surface area contributed by atoms with Gasteiger partial charge in [0.15, 0.2) is 5.79 Å². The SMILES string of the molecule is Cc1ccc(S(=O)(=O)O[C@@H]2CCCO[C@]23CCCCO3)cc1. The fraction of sp³-hybridized carbons (Fsp3) is 0.625. The van der Waals surface area contributed by atoms with E-state index in [1.807, 2.05) is 6.92 Å². The maximum absolute atomic E-state index is 12.5. The van der Waals surface area contributed by atoms with Gasteiger partial charge in [-0.05, 0) is 44.7 Å². The summed E-state index contributed by atoms with van der Waals surface area (Å²) in [6.45, 7) is 3.09. The van der Waals surface area contributed by atoms with E-state index in [-0.39, 0.29) is 4.90 Å². The van der Waals surface area contributed by atoms with E-state index in [0.29, 0.717) is 26.1 Å². The summed E-state index contributed by atoms with van der Waals surface area (Å²) in [6, 6.07) is 6.67. The number of rotatable bonds is 3. The summed E-state index contributed by atoms with van der Waals surface area (Å²) in [5, 5.41) is 0. The van der Waals surface area contributed by atoms with Gasteiger partial charge in [0, 0.05) is 6.42 Å². The summed E-state index contributed by atoms with van der Waals surface area (Å²) < 4.78 is 42.1. The van der Waals surface area contributed by atoms with Crippen molar-refractivity contribution >= 4 is 10.1 Å². The number of hydrogen-bond donors (Lipinski definition) is 0. The first-order valence-corrected chi connectivity index (χ1v) is 9.21. The number of hydrogen-bond acceptors (Lipinski definition) is 5. The quantitative estimate of drug-likeness (QED) is 0.799. The fourth-order valence-corrected chi connectivity index (χ4v) is 4.15. The number of ether oxygens (including phenoxy) is 2. The lowest BCUT2D eigenvalue weighted by Gasteiger charge is -2.44. The van der Waals surface area contributed by atoms with E-state index in [2.05, 4.69) is 0 Å². The van der Waals surface area contributed by atoms with E-state index in [1.165, 1.54) is 0 Å². The summed E-state index contributed by atoms with van der Waals surface area (Å²) in [5.41, 5.74) is 1.01. The molecule has 0 aromatic heterocycles. The average molecular weight is 326 g/mol. The third kappa shape index (κ3) is 3.20. The van der Waals surface area contributed by atoms with E-state index >= 15 is 0 Å². The van der Waals surface area contributed by atoms with Crippen LogP contribution in [0, 0.1) is 6.92 Å². The van der Waals surface area contributed by atoms with Gasteiger partial charge in [-0.3, -0.25) is 4.18 Å². The van der Waals surface area contributed by atoms with Crippen molar-refractivity contribution in [1.29, 1.82) is 0 Å². The maximum Gasteiger partial charge on any atom is 0.297 e. The van der Waals surface area contributed by atoms with Crippen molar-refractivity contribution in [1.82, 2.24) is 0 Å². The molecular formula is C16H22O5S. The number of aryl methyl sites for hydroxylation is 1. The lowest BCUT2D eigenvalue weighted by molar-refractivity contribution is -0.308. The Balaban J connectivity index is 1.81. The normalized spacial score (nSPS) is 29.6. The van der Waals surface area contributed by atoms with Crippen LogP contribution in [0.2, 0.25) is 0 Å². The van der Waals surface area contributed by atoms with Crippen LogP contribution in [0.1, 0.15) is 37.7 Å². The van der Waals surface area contributed by atoms with Gasteiger partial charge < -0.3 is 9.47 Å². The maximum atomic E-state index is 12.5. The molecule has 0 N–H and O–H groups in total. The van der Waals surface area contributed by atoms with Gasteiger partial charge >= 0.3 is 0 Å². The Morgan fingerprint density at radius 1 is 1.09 bits per heavy atom. The highest BCUT2D eigenvalue weighted by atomic mass is 32.2. The molecule has 0 amide bonds. The molecular weight excluding hydrogens is 304 g/mol. The molecule has 1 aromatic rings. The van der Waals surface area contributed by atoms with E-state index in [9.17, 15) is 8.42 Å². The molecule has 2 aliphatic heterocycles. The van der Waals surface area contributed by atoms with Crippen LogP contribution in [0.25, 0.3) is 0 Å². The molecule has 2 atom stereocenters. The zero-order chi connectivity index (χ0) is 15.6. The minimum absolute atomic E-state index is 0.176. The molecule has 0 bridgehead atoms. The second-order valence-electron chi connectivity index (χ2n) is 5.96. The molecule has 0 aliphatic carbocycles. The zero-order valence-corrected chi connectivity index (χ0v) is 13.6. The molecule has 5 nitrogen and oxygen atoms in total. The van der Waals surface area contributed by atoms with Gasteiger partial charge in [0.2, 0.25) is 0 Å². The topological polar surface area (TPSA) is 61.8 Å². The largest absolute Gasteiger partial charge is 0.347 e. The second kappa shape index (κ2) is 6.28. The molecule has 0 saturated carbocycles. The molecule has 1 spiro atoms. The lowest BCUT2D eigenvalue weighted by Crippen LogP contribution is -2.54. The third-order valence-electron chi connectivity index (χ3n) is 4.27. The van der Waals surface area contributed by atoms with Crippen molar-refractivity contribution in [3.63, 3.8) is 0 Å². The van der Waals surface area contributed by atoms with Gasteiger partial charge in [-0.1, -0.05) is 17.7 Å². The molecule has 2 saturated heterocycles. The molecule has 22 heavy (non-hydrogen) atoms. The first-order chi connectivity index (χ1) is 10.5. The van der Waals surface area contributed by atoms with Gasteiger partial charge in [-0.15, -0.1) is 0 Å². The number of benzene rings is 1. The predicted molar refractivity (Wildman–Crippen MR) is 81.0 cm³/mol. The van der Waals surface area contributed by atoms with Gasteiger partial charge in [0.25, 0.3) is 10.1 Å². The lowest BCUT2D eigenvalue weighted by atomic mass is 9.94. The second-order valence-corrected chi connectivity index (χ2v) is 7.53. The van der Waals surface area contributed by atoms with Gasteiger partial charge in [-0.2, -0.15) is 8.42 Å². The van der Waals surface area contributed by atoms with Crippen LogP contribution in [-0.4, -0.2) is 33.5 Å². The minimum atomic E-state index is -3.81. The Morgan fingerprint density at radius 3 is 2.45 bits per heavy atom. The van der Waals surface area contributed by atoms with Crippen LogP contribution < -0.4 is 0 Å². The van der Waals surface area contributed by atoms with Crippen molar-refractivity contribution in [2.75, 3.05) is 13.2 Å². The summed E-state index contributed by atoms with van der Waals surface area (Å²) in [5.74, 6) is -0.895. The minimum Gasteiger partial charge on any atom is -0.347 e. The molecule has 3 rings (SSSR count). The smallest absolute Gasteiger partial charge is 0.297 e. The first kappa shape index (κ1) is 15.9. The van der Waals surface area contributed by atoms with Crippen molar-refractivity contribution < 1.29 is 22.1 Å². The third-order valence-corrected chi connectivity index (χ3v) is 5.60. The Bertz CT molecular complexity index is 594. The first-order valence-electron chi connectivity index (χ1n) is 7.80. The Hall–Kier alpha value is -0.950. The highest BCUT2D eigenvalue weighted by Gasteiger charge is 2.47. The molecule has 2 fully saturated rings. The van der Waals surface area contributed by atoms with E-state index in [0.717, 1.165) is 24.8 Å². The van der Waals surface area contributed by atoms with E-state index in [1.54, 1.807) is 24.3 Å². The Labute approximate surface area is 131 Å². The van der Waals surface area contributed by atoms with Crippen molar-refractivity contribution in [3.8, 4) is 0 Å². The molecule has 122 valence electrons. The summed E-state index contributed by atoms with van der Waals surface area (Å²) in [4.78, 5) is 0.176. The fourth-order valence-electron chi connectivity index (χ4n) is 3.02. The summed E-state index contributed by atoms with van der Waals surface area (Å²) >= 11 is 0. The van der Waals surface area contributed by atoms with Gasteiger partial charge in [0.05, 0.1) is 18.1 Å². The van der Waals surface area contributed by atoms with Crippen molar-refractivity contribution in [2.45, 2.75) is 55.8 Å². The molecule has 2 aliphatic rings. The Morgan fingerprint density at radius 2 is 1.77 bits per heavy atom. The zero-order valence-electron chi connectivity index (χ0n) is 12.8. The standard InChI is InChI=1S/C16H22O5S/c1-13-6-8-14(9-7-13)22(17,18)21-15-5-4-12-20-16(15)10-2-3-11-19-16/h6-9,15H,2-5,10-12H2,1H3/t15-,16-/m1/s1. The highest BCUT2D eigenvalue weighted by molar-refractivity contribution is 7.86. The van der Waals surface area contributed by atoms with Crippen LogP contribution in [0.15, 0.2) is 29.2 Å². The summed E-state index contributed by atoms with van der Waals surface area (Å²) in [7, 11) is -3.81. The average Bonchev–Trinajstić information content (AvgIpc) is 2.51. The van der Waals surface area contributed by atoms with Crippen molar-refractivity contribution in [3.05, 3.63) is 29.8 Å². The molecule has 0 radical (unpaired) electrons. The molecule has 1 aromatic carbocycles. The van der Waals surface area contributed by atoms with E-state index < -0.39 is 22.0 Å². The highest BCUT2D eigenvalue weighted by Crippen LogP contribution is 2.38. The summed E-state index contributed by atoms with van der Waals surface area (Å²) in [6.07, 6.45) is 3.45. The van der Waals surface area contributed by atoms with Crippen LogP contribution in [0.5, 0.6) is 0 Å². The van der Waals surface area contributed by atoms with Crippen LogP contribution in [0.3, 0.4) is 0 Å².